The summed E-state index contributed by atoms with van der Waals surface area (Å²) < 4.78 is 5.85. The Morgan fingerprint density at radius 3 is 2.61 bits per heavy atom. The third kappa shape index (κ3) is 5.47. The monoisotopic (exact) mass is 382 g/mol. The van der Waals surface area contributed by atoms with Crippen LogP contribution < -0.4 is 21.5 Å². The molecule has 2 aromatic carbocycles. The third-order valence-corrected chi connectivity index (χ3v) is 4.75. The number of primary amides is 1. The fraction of sp³-hybridized carbons (Fsp3) is 0.333. The number of nitrogens with one attached hydrogen (secondary N) is 1. The molecule has 0 radical (unpaired) electrons. The first-order valence-corrected chi connectivity index (χ1v) is 9.43. The number of benzene rings is 2. The standard InChI is InChI=1S/C21H26N4O3/c22-16-7-5-11-25(14-16)20(26)13-19(24-21(23)27)15-6-4-10-18(12-15)28-17-8-2-1-3-9-17/h1-4,6,8-10,12,16,19H,5,7,11,13-14,22H2,(H3,23,24,27). The summed E-state index contributed by atoms with van der Waals surface area (Å²) in [6.45, 7) is 1.23. The number of carbonyl (C=O) groups is 2. The molecular formula is C21H26N4O3. The maximum absolute atomic E-state index is 12.7. The van der Waals surface area contributed by atoms with Gasteiger partial charge >= 0.3 is 6.03 Å². The van der Waals surface area contributed by atoms with Crippen LogP contribution in [0, 0.1) is 0 Å². The molecule has 0 saturated carbocycles. The van der Waals surface area contributed by atoms with Crippen LogP contribution in [-0.4, -0.2) is 36.0 Å². The third-order valence-electron chi connectivity index (χ3n) is 4.75. The van der Waals surface area contributed by atoms with Crippen molar-refractivity contribution in [3.05, 3.63) is 60.2 Å². The highest BCUT2D eigenvalue weighted by molar-refractivity contribution is 5.79. The summed E-state index contributed by atoms with van der Waals surface area (Å²) in [5.41, 5.74) is 12.1. The van der Waals surface area contributed by atoms with Crippen LogP contribution in [0.1, 0.15) is 30.9 Å². The van der Waals surface area contributed by atoms with E-state index in [-0.39, 0.29) is 18.4 Å². The molecule has 5 N–H and O–H groups in total. The number of ether oxygens (including phenoxy) is 1. The van der Waals surface area contributed by atoms with Crippen LogP contribution in [0.4, 0.5) is 4.79 Å². The molecule has 3 amide bonds. The topological polar surface area (TPSA) is 111 Å². The quantitative estimate of drug-likeness (QED) is 0.713. The number of amides is 3. The zero-order valence-electron chi connectivity index (χ0n) is 15.7. The molecule has 2 aromatic rings. The summed E-state index contributed by atoms with van der Waals surface area (Å²) in [7, 11) is 0. The van der Waals surface area contributed by atoms with Crippen molar-refractivity contribution >= 4 is 11.9 Å². The Morgan fingerprint density at radius 1 is 1.14 bits per heavy atom. The highest BCUT2D eigenvalue weighted by Gasteiger charge is 2.25. The minimum absolute atomic E-state index is 0.00264. The first-order chi connectivity index (χ1) is 13.5. The number of likely N-dealkylation sites (tertiary alicyclic amines) is 1. The number of nitrogens with zero attached hydrogens (tertiary/aromatic N) is 1. The summed E-state index contributed by atoms with van der Waals surface area (Å²) in [6.07, 6.45) is 1.93. The lowest BCUT2D eigenvalue weighted by molar-refractivity contribution is -0.132. The van der Waals surface area contributed by atoms with Gasteiger partial charge in [-0.15, -0.1) is 0 Å². The Morgan fingerprint density at radius 2 is 1.89 bits per heavy atom. The Balaban J connectivity index is 1.74. The van der Waals surface area contributed by atoms with Gasteiger partial charge in [-0.05, 0) is 42.7 Å². The Labute approximate surface area is 164 Å². The Hall–Kier alpha value is -3.06. The van der Waals surface area contributed by atoms with E-state index in [1.54, 1.807) is 4.90 Å². The van der Waals surface area contributed by atoms with Crippen LogP contribution in [0.15, 0.2) is 54.6 Å². The van der Waals surface area contributed by atoms with Gasteiger partial charge in [0.15, 0.2) is 0 Å². The molecule has 2 atom stereocenters. The fourth-order valence-corrected chi connectivity index (χ4v) is 3.38. The van der Waals surface area contributed by atoms with Crippen molar-refractivity contribution < 1.29 is 14.3 Å². The van der Waals surface area contributed by atoms with Gasteiger partial charge in [-0.3, -0.25) is 4.79 Å². The number of urea groups is 1. The van der Waals surface area contributed by atoms with Gasteiger partial charge in [-0.25, -0.2) is 4.79 Å². The van der Waals surface area contributed by atoms with Gasteiger partial charge in [0, 0.05) is 19.1 Å². The molecule has 148 valence electrons. The second-order valence-electron chi connectivity index (χ2n) is 6.99. The van der Waals surface area contributed by atoms with E-state index in [1.807, 2.05) is 54.6 Å². The van der Waals surface area contributed by atoms with Gasteiger partial charge in [-0.2, -0.15) is 0 Å². The minimum atomic E-state index is -0.678. The maximum atomic E-state index is 12.7. The molecular weight excluding hydrogens is 356 g/mol. The van der Waals surface area contributed by atoms with Crippen LogP contribution in [0.3, 0.4) is 0 Å². The summed E-state index contributed by atoms with van der Waals surface area (Å²) in [5, 5.41) is 2.67. The van der Waals surface area contributed by atoms with Crippen LogP contribution in [0.2, 0.25) is 0 Å². The van der Waals surface area contributed by atoms with E-state index < -0.39 is 12.1 Å². The second-order valence-corrected chi connectivity index (χ2v) is 6.99. The van der Waals surface area contributed by atoms with Gasteiger partial charge in [0.2, 0.25) is 5.91 Å². The lowest BCUT2D eigenvalue weighted by atomic mass is 10.0. The van der Waals surface area contributed by atoms with E-state index >= 15 is 0 Å². The molecule has 0 aliphatic carbocycles. The van der Waals surface area contributed by atoms with Crippen molar-refractivity contribution in [3.8, 4) is 11.5 Å². The van der Waals surface area contributed by atoms with Gasteiger partial charge in [0.1, 0.15) is 11.5 Å². The summed E-state index contributed by atoms with van der Waals surface area (Å²) >= 11 is 0. The van der Waals surface area contributed by atoms with Crippen molar-refractivity contribution in [1.82, 2.24) is 10.2 Å². The molecule has 1 aliphatic rings. The average Bonchev–Trinajstić information content (AvgIpc) is 2.68. The maximum Gasteiger partial charge on any atom is 0.312 e. The number of carbonyl (C=O) groups excluding carboxylic acids is 2. The SMILES string of the molecule is NC(=O)NC(CC(=O)N1CCCC(N)C1)c1cccc(Oc2ccccc2)c1. The molecule has 0 aromatic heterocycles. The normalized spacial score (nSPS) is 17.6. The average molecular weight is 382 g/mol. The molecule has 28 heavy (non-hydrogen) atoms. The first-order valence-electron chi connectivity index (χ1n) is 9.43. The van der Waals surface area contributed by atoms with E-state index in [1.165, 1.54) is 0 Å². The first kappa shape index (κ1) is 19.7. The molecule has 0 spiro atoms. The van der Waals surface area contributed by atoms with Crippen molar-refractivity contribution in [2.75, 3.05) is 13.1 Å². The molecule has 3 rings (SSSR count). The summed E-state index contributed by atoms with van der Waals surface area (Å²) in [5.74, 6) is 1.27. The zero-order chi connectivity index (χ0) is 19.9. The van der Waals surface area contributed by atoms with Crippen LogP contribution in [0.25, 0.3) is 0 Å². The largest absolute Gasteiger partial charge is 0.457 e. The van der Waals surface area contributed by atoms with Crippen LogP contribution in [0.5, 0.6) is 11.5 Å². The van der Waals surface area contributed by atoms with Crippen LogP contribution >= 0.6 is 0 Å². The minimum Gasteiger partial charge on any atom is -0.457 e. The number of hydrogen-bond donors (Lipinski definition) is 3. The van der Waals surface area contributed by atoms with Crippen molar-refractivity contribution in [1.29, 1.82) is 0 Å². The highest BCUT2D eigenvalue weighted by atomic mass is 16.5. The lowest BCUT2D eigenvalue weighted by Crippen LogP contribution is -2.47. The summed E-state index contributed by atoms with van der Waals surface area (Å²) in [4.78, 5) is 26.0. The predicted molar refractivity (Wildman–Crippen MR) is 107 cm³/mol. The lowest BCUT2D eigenvalue weighted by Gasteiger charge is -2.32. The van der Waals surface area contributed by atoms with Gasteiger partial charge in [-0.1, -0.05) is 30.3 Å². The van der Waals surface area contributed by atoms with E-state index in [0.29, 0.717) is 24.6 Å². The van der Waals surface area contributed by atoms with E-state index in [0.717, 1.165) is 18.4 Å². The second kappa shape index (κ2) is 9.23. The summed E-state index contributed by atoms with van der Waals surface area (Å²) in [6, 6.07) is 15.5. The van der Waals surface area contributed by atoms with Crippen molar-refractivity contribution in [2.45, 2.75) is 31.3 Å². The van der Waals surface area contributed by atoms with Gasteiger partial charge in [0.25, 0.3) is 0 Å². The predicted octanol–water partition coefficient (Wildman–Crippen LogP) is 2.53. The molecule has 7 heteroatoms. The highest BCUT2D eigenvalue weighted by Crippen LogP contribution is 2.26. The molecule has 1 fully saturated rings. The van der Waals surface area contributed by atoms with Crippen molar-refractivity contribution in [3.63, 3.8) is 0 Å². The molecule has 7 nitrogen and oxygen atoms in total. The van der Waals surface area contributed by atoms with Crippen molar-refractivity contribution in [2.24, 2.45) is 11.5 Å². The number of nitrogens with two attached hydrogens (primary N) is 2. The Kier molecular flexibility index (Phi) is 6.49. The number of para-hydroxylation sites is 1. The zero-order valence-corrected chi connectivity index (χ0v) is 15.7. The molecule has 0 bridgehead atoms. The smallest absolute Gasteiger partial charge is 0.312 e. The van der Waals surface area contributed by atoms with E-state index in [2.05, 4.69) is 5.32 Å². The number of rotatable bonds is 6. The molecule has 2 unspecified atom stereocenters. The van der Waals surface area contributed by atoms with Gasteiger partial charge in [0.05, 0.1) is 12.5 Å². The number of hydrogen-bond acceptors (Lipinski definition) is 4. The fourth-order valence-electron chi connectivity index (χ4n) is 3.38. The van der Waals surface area contributed by atoms with E-state index in [4.69, 9.17) is 16.2 Å². The van der Waals surface area contributed by atoms with Gasteiger partial charge < -0.3 is 26.4 Å². The van der Waals surface area contributed by atoms with E-state index in [9.17, 15) is 9.59 Å². The molecule has 1 heterocycles. The molecule has 1 aliphatic heterocycles. The molecule has 1 saturated heterocycles. The van der Waals surface area contributed by atoms with Crippen LogP contribution in [-0.2, 0) is 4.79 Å². The number of piperidine rings is 1. The Bertz CT molecular complexity index is 812.